The summed E-state index contributed by atoms with van der Waals surface area (Å²) in [7, 11) is 0. The molecule has 0 radical (unpaired) electrons. The second-order valence-electron chi connectivity index (χ2n) is 3.98. The van der Waals surface area contributed by atoms with Gasteiger partial charge < -0.3 is 10.4 Å². The highest BCUT2D eigenvalue weighted by atomic mass is 35.5. The molecule has 2 aromatic rings. The number of hydrogen-bond acceptors (Lipinski definition) is 4. The zero-order chi connectivity index (χ0) is 14.7. The fourth-order valence-corrected chi connectivity index (χ4v) is 1.77. The van der Waals surface area contributed by atoms with Gasteiger partial charge in [0.2, 0.25) is 0 Å². The molecule has 0 spiro atoms. The Hall–Kier alpha value is -2.47. The summed E-state index contributed by atoms with van der Waals surface area (Å²) >= 11 is 5.58. The molecule has 1 aromatic heterocycles. The zero-order valence-electron chi connectivity index (χ0n) is 10.4. The minimum Gasteiger partial charge on any atom is -0.478 e. The first-order valence-electron chi connectivity index (χ1n) is 5.61. The number of hydrogen-bond donors (Lipinski definition) is 2. The number of rotatable bonds is 3. The molecule has 7 heteroatoms. The lowest BCUT2D eigenvalue weighted by Gasteiger charge is -2.10. The third-order valence-corrected chi connectivity index (χ3v) is 2.78. The van der Waals surface area contributed by atoms with E-state index >= 15 is 0 Å². The lowest BCUT2D eigenvalue weighted by molar-refractivity contribution is 0.0697. The number of anilines is 1. The summed E-state index contributed by atoms with van der Waals surface area (Å²) in [5.74, 6) is -1.66. The maximum Gasteiger partial charge on any atom is 0.338 e. The molecule has 2 rings (SSSR count). The van der Waals surface area contributed by atoms with E-state index in [1.54, 1.807) is 19.1 Å². The van der Waals surface area contributed by atoms with Gasteiger partial charge in [0.15, 0.2) is 0 Å². The summed E-state index contributed by atoms with van der Waals surface area (Å²) in [5, 5.41) is 11.8. The van der Waals surface area contributed by atoms with Gasteiger partial charge in [0.05, 0.1) is 23.6 Å². The first kappa shape index (κ1) is 14.0. The molecule has 0 aliphatic heterocycles. The van der Waals surface area contributed by atoms with Crippen LogP contribution in [0.2, 0.25) is 5.15 Å². The molecule has 20 heavy (non-hydrogen) atoms. The molecule has 1 amide bonds. The molecule has 0 aliphatic carbocycles. The minimum atomic E-state index is -1.11. The number of aromatic nitrogens is 2. The number of amides is 1. The number of carboxylic acid groups (broad SMARTS) is 1. The number of benzene rings is 1. The maximum absolute atomic E-state index is 12.0. The number of nitrogens with one attached hydrogen (secondary N) is 1. The largest absolute Gasteiger partial charge is 0.478 e. The number of carboxylic acids is 1. The summed E-state index contributed by atoms with van der Waals surface area (Å²) in [6.45, 7) is 1.65. The van der Waals surface area contributed by atoms with Crippen LogP contribution in [0.15, 0.2) is 30.6 Å². The van der Waals surface area contributed by atoms with Gasteiger partial charge in [0.1, 0.15) is 10.8 Å². The second kappa shape index (κ2) is 5.66. The Morgan fingerprint density at radius 3 is 2.60 bits per heavy atom. The van der Waals surface area contributed by atoms with Crippen LogP contribution in [0.5, 0.6) is 0 Å². The van der Waals surface area contributed by atoms with E-state index < -0.39 is 11.9 Å². The Labute approximate surface area is 119 Å². The smallest absolute Gasteiger partial charge is 0.338 e. The van der Waals surface area contributed by atoms with E-state index in [-0.39, 0.29) is 22.1 Å². The van der Waals surface area contributed by atoms with Gasteiger partial charge in [-0.2, -0.15) is 0 Å². The highest BCUT2D eigenvalue weighted by Gasteiger charge is 2.16. The standard InChI is InChI=1S/C13H10ClN3O3/c1-7-3-2-4-8(11(7)13(19)20)17-12(18)9-5-16-10(14)6-15-9/h2-6H,1H3,(H,17,18)(H,19,20). The molecule has 0 saturated carbocycles. The SMILES string of the molecule is Cc1cccc(NC(=O)c2cnc(Cl)cn2)c1C(=O)O. The van der Waals surface area contributed by atoms with E-state index in [1.165, 1.54) is 18.5 Å². The van der Waals surface area contributed by atoms with Crippen LogP contribution >= 0.6 is 11.6 Å². The fourth-order valence-electron chi connectivity index (χ4n) is 1.67. The van der Waals surface area contributed by atoms with Crippen molar-refractivity contribution in [1.29, 1.82) is 0 Å². The normalized spacial score (nSPS) is 10.1. The third-order valence-electron chi connectivity index (χ3n) is 2.59. The molecule has 6 nitrogen and oxygen atoms in total. The van der Waals surface area contributed by atoms with Crippen LogP contribution in [-0.4, -0.2) is 27.0 Å². The quantitative estimate of drug-likeness (QED) is 0.906. The van der Waals surface area contributed by atoms with Gasteiger partial charge in [0.25, 0.3) is 5.91 Å². The monoisotopic (exact) mass is 291 g/mol. The average molecular weight is 292 g/mol. The predicted molar refractivity (Wildman–Crippen MR) is 73.1 cm³/mol. The van der Waals surface area contributed by atoms with Crippen molar-refractivity contribution >= 4 is 29.2 Å². The van der Waals surface area contributed by atoms with Gasteiger partial charge in [-0.3, -0.25) is 4.79 Å². The van der Waals surface area contributed by atoms with Crippen molar-refractivity contribution in [2.75, 3.05) is 5.32 Å². The van der Waals surface area contributed by atoms with Crippen molar-refractivity contribution < 1.29 is 14.7 Å². The Bertz CT molecular complexity index is 671. The molecule has 0 aliphatic rings. The van der Waals surface area contributed by atoms with Crippen LogP contribution in [0.1, 0.15) is 26.4 Å². The van der Waals surface area contributed by atoms with Gasteiger partial charge in [-0.05, 0) is 18.6 Å². The number of carbonyl (C=O) groups excluding carboxylic acids is 1. The van der Waals surface area contributed by atoms with Crippen molar-refractivity contribution in [3.8, 4) is 0 Å². The Kier molecular flexibility index (Phi) is 3.95. The number of aryl methyl sites for hydroxylation is 1. The van der Waals surface area contributed by atoms with Crippen LogP contribution in [-0.2, 0) is 0 Å². The molecule has 1 heterocycles. The van der Waals surface area contributed by atoms with E-state index in [1.807, 2.05) is 0 Å². The van der Waals surface area contributed by atoms with Gasteiger partial charge in [-0.15, -0.1) is 0 Å². The summed E-state index contributed by atoms with van der Waals surface area (Å²) in [5.41, 5.74) is 0.853. The molecular weight excluding hydrogens is 282 g/mol. The molecule has 0 fully saturated rings. The maximum atomic E-state index is 12.0. The van der Waals surface area contributed by atoms with Gasteiger partial charge in [0, 0.05) is 0 Å². The first-order valence-corrected chi connectivity index (χ1v) is 5.98. The molecule has 102 valence electrons. The topological polar surface area (TPSA) is 92.2 Å². The zero-order valence-corrected chi connectivity index (χ0v) is 11.2. The minimum absolute atomic E-state index is 0.0442. The first-order chi connectivity index (χ1) is 9.49. The molecule has 2 N–H and O–H groups in total. The number of carbonyl (C=O) groups is 2. The van der Waals surface area contributed by atoms with Crippen molar-refractivity contribution in [1.82, 2.24) is 9.97 Å². The predicted octanol–water partition coefficient (Wildman–Crippen LogP) is 2.39. The van der Waals surface area contributed by atoms with Gasteiger partial charge >= 0.3 is 5.97 Å². The lowest BCUT2D eigenvalue weighted by atomic mass is 10.1. The van der Waals surface area contributed by atoms with Crippen molar-refractivity contribution in [2.24, 2.45) is 0 Å². The van der Waals surface area contributed by atoms with Crippen molar-refractivity contribution in [3.05, 3.63) is 52.6 Å². The summed E-state index contributed by atoms with van der Waals surface area (Å²) in [6, 6.07) is 4.82. The second-order valence-corrected chi connectivity index (χ2v) is 4.37. The van der Waals surface area contributed by atoms with Crippen LogP contribution in [0.3, 0.4) is 0 Å². The highest BCUT2D eigenvalue weighted by Crippen LogP contribution is 2.20. The Morgan fingerprint density at radius 2 is 2.00 bits per heavy atom. The molecule has 0 unspecified atom stereocenters. The van der Waals surface area contributed by atoms with E-state index in [2.05, 4.69) is 15.3 Å². The molecular formula is C13H10ClN3O3. The van der Waals surface area contributed by atoms with Crippen molar-refractivity contribution in [3.63, 3.8) is 0 Å². The van der Waals surface area contributed by atoms with Crippen LogP contribution in [0.4, 0.5) is 5.69 Å². The number of halogens is 1. The highest BCUT2D eigenvalue weighted by molar-refractivity contribution is 6.29. The lowest BCUT2D eigenvalue weighted by Crippen LogP contribution is -2.17. The van der Waals surface area contributed by atoms with Crippen LogP contribution in [0.25, 0.3) is 0 Å². The molecule has 1 aromatic carbocycles. The fraction of sp³-hybridized carbons (Fsp3) is 0.0769. The number of nitrogens with zero attached hydrogens (tertiary/aromatic N) is 2. The molecule has 0 atom stereocenters. The van der Waals surface area contributed by atoms with Gasteiger partial charge in [-0.1, -0.05) is 23.7 Å². The van der Waals surface area contributed by atoms with E-state index in [0.717, 1.165) is 0 Å². The third kappa shape index (κ3) is 2.92. The van der Waals surface area contributed by atoms with E-state index in [0.29, 0.717) is 5.56 Å². The summed E-state index contributed by atoms with van der Waals surface area (Å²) < 4.78 is 0. The Balaban J connectivity index is 2.30. The van der Waals surface area contributed by atoms with Crippen LogP contribution < -0.4 is 5.32 Å². The van der Waals surface area contributed by atoms with Crippen LogP contribution in [0, 0.1) is 6.92 Å². The Morgan fingerprint density at radius 1 is 1.25 bits per heavy atom. The average Bonchev–Trinajstić information content (AvgIpc) is 2.39. The van der Waals surface area contributed by atoms with E-state index in [4.69, 9.17) is 16.7 Å². The summed E-state index contributed by atoms with van der Waals surface area (Å²) in [4.78, 5) is 30.7. The molecule has 0 bridgehead atoms. The number of aromatic carboxylic acids is 1. The van der Waals surface area contributed by atoms with Gasteiger partial charge in [-0.25, -0.2) is 14.8 Å². The van der Waals surface area contributed by atoms with E-state index in [9.17, 15) is 9.59 Å². The van der Waals surface area contributed by atoms with Crippen molar-refractivity contribution in [2.45, 2.75) is 6.92 Å². The summed E-state index contributed by atoms with van der Waals surface area (Å²) in [6.07, 6.45) is 2.46. The molecule has 0 saturated heterocycles.